The summed E-state index contributed by atoms with van der Waals surface area (Å²) in [6, 6.07) is 5.64. The molecule has 1 fully saturated rings. The molecule has 0 atom stereocenters. The Labute approximate surface area is 92.4 Å². The molecule has 2 aliphatic rings. The van der Waals surface area contributed by atoms with Gasteiger partial charge in [0.2, 0.25) is 5.91 Å². The van der Waals surface area contributed by atoms with Crippen molar-refractivity contribution in [3.8, 4) is 0 Å². The van der Waals surface area contributed by atoms with E-state index in [0.717, 1.165) is 34.9 Å². The average Bonchev–Trinajstić information content (AvgIpc) is 3.00. The molecular formula is C11H12N2OS. The Morgan fingerprint density at radius 2 is 2.20 bits per heavy atom. The van der Waals surface area contributed by atoms with Gasteiger partial charge < -0.3 is 11.1 Å². The molecule has 1 heterocycles. The molecule has 1 aromatic carbocycles. The number of nitrogen functional groups attached to an aromatic ring is 1. The minimum Gasteiger partial charge on any atom is -0.399 e. The van der Waals surface area contributed by atoms with Crippen LogP contribution in [0.5, 0.6) is 0 Å². The highest BCUT2D eigenvalue weighted by molar-refractivity contribution is 7.99. The summed E-state index contributed by atoms with van der Waals surface area (Å²) in [4.78, 5) is 13.0. The van der Waals surface area contributed by atoms with Gasteiger partial charge in [0.25, 0.3) is 0 Å². The quantitative estimate of drug-likeness (QED) is 0.658. The van der Waals surface area contributed by atoms with E-state index in [1.54, 1.807) is 11.8 Å². The maximum absolute atomic E-state index is 11.9. The molecule has 0 aromatic heterocycles. The second kappa shape index (κ2) is 2.92. The number of fused-ring (bicyclic) bond motifs is 1. The molecule has 78 valence electrons. The van der Waals surface area contributed by atoms with Gasteiger partial charge in [0, 0.05) is 16.3 Å². The maximum atomic E-state index is 11.9. The molecule has 0 saturated heterocycles. The van der Waals surface area contributed by atoms with E-state index in [1.807, 2.05) is 18.2 Å². The van der Waals surface area contributed by atoms with E-state index in [9.17, 15) is 4.79 Å². The van der Waals surface area contributed by atoms with Gasteiger partial charge in [-0.15, -0.1) is 11.8 Å². The Morgan fingerprint density at radius 3 is 2.93 bits per heavy atom. The van der Waals surface area contributed by atoms with Crippen LogP contribution in [0.3, 0.4) is 0 Å². The summed E-state index contributed by atoms with van der Waals surface area (Å²) in [7, 11) is 0. The predicted octanol–water partition coefficient (Wildman–Crippen LogP) is 2.09. The Bertz CT molecular complexity index is 440. The first-order valence-electron chi connectivity index (χ1n) is 5.03. The smallest absolute Gasteiger partial charge is 0.231 e. The lowest BCUT2D eigenvalue weighted by Crippen LogP contribution is -2.24. The predicted molar refractivity (Wildman–Crippen MR) is 61.9 cm³/mol. The molecule has 3 N–H and O–H groups in total. The Hall–Kier alpha value is -1.16. The number of amides is 1. The van der Waals surface area contributed by atoms with Crippen LogP contribution in [0.1, 0.15) is 12.8 Å². The topological polar surface area (TPSA) is 55.1 Å². The number of carbonyl (C=O) groups is 1. The van der Waals surface area contributed by atoms with Crippen LogP contribution in [-0.2, 0) is 4.79 Å². The summed E-state index contributed by atoms with van der Waals surface area (Å²) in [5.74, 6) is 1.06. The van der Waals surface area contributed by atoms with Gasteiger partial charge in [-0.3, -0.25) is 4.79 Å². The maximum Gasteiger partial charge on any atom is 0.231 e. The van der Waals surface area contributed by atoms with Crippen LogP contribution in [0.15, 0.2) is 23.1 Å². The van der Waals surface area contributed by atoms with Gasteiger partial charge in [-0.2, -0.15) is 0 Å². The molecule has 3 rings (SSSR count). The van der Waals surface area contributed by atoms with Crippen molar-refractivity contribution in [3.63, 3.8) is 0 Å². The van der Waals surface area contributed by atoms with E-state index in [2.05, 4.69) is 5.32 Å². The van der Waals surface area contributed by atoms with Crippen molar-refractivity contribution in [2.75, 3.05) is 16.8 Å². The van der Waals surface area contributed by atoms with Crippen LogP contribution in [0.4, 0.5) is 11.4 Å². The van der Waals surface area contributed by atoms with Crippen molar-refractivity contribution >= 4 is 29.0 Å². The Balaban J connectivity index is 2.00. The van der Waals surface area contributed by atoms with Crippen molar-refractivity contribution in [1.82, 2.24) is 0 Å². The molecule has 15 heavy (non-hydrogen) atoms. The zero-order valence-corrected chi connectivity index (χ0v) is 9.06. The Kier molecular flexibility index (Phi) is 1.77. The van der Waals surface area contributed by atoms with E-state index in [0.29, 0.717) is 0 Å². The number of nitrogens with one attached hydrogen (secondary N) is 1. The zero-order chi connectivity index (χ0) is 10.5. The first-order chi connectivity index (χ1) is 7.20. The molecule has 1 aliphatic carbocycles. The lowest BCUT2D eigenvalue weighted by molar-refractivity contribution is -0.120. The van der Waals surface area contributed by atoms with Gasteiger partial charge in [-0.1, -0.05) is 0 Å². The number of anilines is 2. The molecule has 0 unspecified atom stereocenters. The van der Waals surface area contributed by atoms with Crippen molar-refractivity contribution in [2.24, 2.45) is 5.41 Å². The SMILES string of the molecule is Nc1ccc2c(c1)SCC1(CC1)C(=O)N2. The fraction of sp³-hybridized carbons (Fsp3) is 0.364. The number of thioether (sulfide) groups is 1. The molecule has 1 spiro atoms. The summed E-state index contributed by atoms with van der Waals surface area (Å²) in [5, 5.41) is 2.99. The molecule has 4 heteroatoms. The zero-order valence-electron chi connectivity index (χ0n) is 8.25. The molecular weight excluding hydrogens is 208 g/mol. The van der Waals surface area contributed by atoms with Crippen LogP contribution in [0.2, 0.25) is 0 Å². The molecule has 0 bridgehead atoms. The number of hydrogen-bond donors (Lipinski definition) is 2. The standard InChI is InChI=1S/C11H12N2OS/c12-7-1-2-8-9(5-7)15-6-11(3-4-11)10(14)13-8/h1-2,5H,3-4,6,12H2,(H,13,14). The molecule has 3 nitrogen and oxygen atoms in total. The first kappa shape index (κ1) is 9.09. The fourth-order valence-corrected chi connectivity index (χ4v) is 3.17. The Morgan fingerprint density at radius 1 is 1.40 bits per heavy atom. The lowest BCUT2D eigenvalue weighted by Gasteiger charge is -2.08. The normalized spacial score (nSPS) is 21.7. The van der Waals surface area contributed by atoms with Gasteiger partial charge in [-0.05, 0) is 31.0 Å². The van der Waals surface area contributed by atoms with Gasteiger partial charge in [-0.25, -0.2) is 0 Å². The summed E-state index contributed by atoms with van der Waals surface area (Å²) < 4.78 is 0. The third-order valence-corrected chi connectivity index (χ3v) is 4.44. The summed E-state index contributed by atoms with van der Waals surface area (Å²) >= 11 is 1.73. The monoisotopic (exact) mass is 220 g/mol. The highest BCUT2D eigenvalue weighted by Crippen LogP contribution is 2.52. The number of nitrogens with two attached hydrogens (primary N) is 1. The molecule has 1 saturated carbocycles. The van der Waals surface area contributed by atoms with Gasteiger partial charge in [0.05, 0.1) is 11.1 Å². The van der Waals surface area contributed by atoms with E-state index in [-0.39, 0.29) is 11.3 Å². The van der Waals surface area contributed by atoms with Gasteiger partial charge in [0.15, 0.2) is 0 Å². The second-order valence-electron chi connectivity index (χ2n) is 4.28. The largest absolute Gasteiger partial charge is 0.399 e. The number of rotatable bonds is 0. The molecule has 0 radical (unpaired) electrons. The average molecular weight is 220 g/mol. The van der Waals surface area contributed by atoms with Crippen LogP contribution >= 0.6 is 11.8 Å². The van der Waals surface area contributed by atoms with Crippen LogP contribution < -0.4 is 11.1 Å². The number of benzene rings is 1. The third-order valence-electron chi connectivity index (χ3n) is 3.09. The lowest BCUT2D eigenvalue weighted by atomic mass is 10.1. The van der Waals surface area contributed by atoms with Crippen LogP contribution in [-0.4, -0.2) is 11.7 Å². The van der Waals surface area contributed by atoms with Crippen molar-refractivity contribution < 1.29 is 4.79 Å². The number of hydrogen-bond acceptors (Lipinski definition) is 3. The first-order valence-corrected chi connectivity index (χ1v) is 6.02. The molecule has 1 aliphatic heterocycles. The van der Waals surface area contributed by atoms with Crippen molar-refractivity contribution in [1.29, 1.82) is 0 Å². The highest BCUT2D eigenvalue weighted by atomic mass is 32.2. The minimum atomic E-state index is -0.0849. The van der Waals surface area contributed by atoms with E-state index < -0.39 is 0 Å². The van der Waals surface area contributed by atoms with E-state index >= 15 is 0 Å². The molecule has 1 aromatic rings. The van der Waals surface area contributed by atoms with Crippen LogP contribution in [0.25, 0.3) is 0 Å². The van der Waals surface area contributed by atoms with Gasteiger partial charge >= 0.3 is 0 Å². The van der Waals surface area contributed by atoms with Crippen molar-refractivity contribution in [3.05, 3.63) is 18.2 Å². The van der Waals surface area contributed by atoms with Gasteiger partial charge in [0.1, 0.15) is 0 Å². The van der Waals surface area contributed by atoms with E-state index in [1.165, 1.54) is 0 Å². The second-order valence-corrected chi connectivity index (χ2v) is 5.30. The summed E-state index contributed by atoms with van der Waals surface area (Å²) in [6.45, 7) is 0. The minimum absolute atomic E-state index is 0.0849. The van der Waals surface area contributed by atoms with Crippen LogP contribution in [0, 0.1) is 5.41 Å². The molecule has 1 amide bonds. The summed E-state index contributed by atoms with van der Waals surface area (Å²) in [6.07, 6.45) is 2.05. The highest BCUT2D eigenvalue weighted by Gasteiger charge is 2.50. The number of carbonyl (C=O) groups excluding carboxylic acids is 1. The van der Waals surface area contributed by atoms with Crippen molar-refractivity contribution in [2.45, 2.75) is 17.7 Å². The fourth-order valence-electron chi connectivity index (χ4n) is 1.82. The van der Waals surface area contributed by atoms with E-state index in [4.69, 9.17) is 5.73 Å². The summed E-state index contributed by atoms with van der Waals surface area (Å²) in [5.41, 5.74) is 7.30. The third kappa shape index (κ3) is 1.40.